The van der Waals surface area contributed by atoms with Gasteiger partial charge in [0.1, 0.15) is 0 Å². The summed E-state index contributed by atoms with van der Waals surface area (Å²) in [7, 11) is 0. The molecule has 1 amide bonds. The Labute approximate surface area is 123 Å². The van der Waals surface area contributed by atoms with Crippen molar-refractivity contribution in [3.05, 3.63) is 18.5 Å². The summed E-state index contributed by atoms with van der Waals surface area (Å²) in [5.41, 5.74) is -0.0537. The summed E-state index contributed by atoms with van der Waals surface area (Å²) in [6.07, 6.45) is 8.00. The minimum Gasteiger partial charge on any atom is -0.371 e. The zero-order valence-electron chi connectivity index (χ0n) is 11.5. The number of ether oxygens (including phenoxy) is 1. The van der Waals surface area contributed by atoms with Crippen molar-refractivity contribution in [3.8, 4) is 0 Å². The minimum absolute atomic E-state index is 0.0537. The molecule has 2 aliphatic rings. The number of carbonyl (C=O) groups is 1. The van der Waals surface area contributed by atoms with Crippen molar-refractivity contribution in [2.45, 2.75) is 36.4 Å². The van der Waals surface area contributed by atoms with Gasteiger partial charge in [0.15, 0.2) is 5.16 Å². The van der Waals surface area contributed by atoms with E-state index in [1.807, 2.05) is 4.90 Å². The highest BCUT2D eigenvalue weighted by Crippen LogP contribution is 2.35. The second-order valence-corrected chi connectivity index (χ2v) is 6.32. The maximum absolute atomic E-state index is 12.3. The van der Waals surface area contributed by atoms with Crippen LogP contribution in [-0.2, 0) is 9.53 Å². The van der Waals surface area contributed by atoms with Gasteiger partial charge in [-0.2, -0.15) is 0 Å². The smallest absolute Gasteiger partial charge is 0.233 e. The molecular formula is C14H19N3O2S. The molecule has 1 aromatic heterocycles. The number of aromatic nitrogens is 2. The fourth-order valence-electron chi connectivity index (χ4n) is 2.96. The van der Waals surface area contributed by atoms with Crippen molar-refractivity contribution in [3.63, 3.8) is 0 Å². The third-order valence-corrected chi connectivity index (χ3v) is 4.84. The summed E-state index contributed by atoms with van der Waals surface area (Å²) in [6.45, 7) is 2.12. The van der Waals surface area contributed by atoms with Crippen LogP contribution >= 0.6 is 11.8 Å². The molecule has 1 spiro atoms. The van der Waals surface area contributed by atoms with Gasteiger partial charge < -0.3 is 9.64 Å². The highest BCUT2D eigenvalue weighted by atomic mass is 32.2. The standard InChI is InChI=1S/C14H19N3O2S/c18-12(10-20-13-15-6-3-7-16-13)17-8-9-19-14(11-17)4-1-2-5-14/h3,6-7H,1-2,4-5,8-11H2. The normalized spacial score (nSPS) is 21.3. The lowest BCUT2D eigenvalue weighted by molar-refractivity contribution is -0.147. The maximum atomic E-state index is 12.3. The lowest BCUT2D eigenvalue weighted by Crippen LogP contribution is -2.52. The Balaban J connectivity index is 1.54. The predicted molar refractivity (Wildman–Crippen MR) is 76.5 cm³/mol. The van der Waals surface area contributed by atoms with E-state index in [1.165, 1.54) is 24.6 Å². The molecule has 2 fully saturated rings. The summed E-state index contributed by atoms with van der Waals surface area (Å²) in [5.74, 6) is 0.567. The van der Waals surface area contributed by atoms with Gasteiger partial charge in [0.25, 0.3) is 0 Å². The average molecular weight is 293 g/mol. The molecule has 0 aromatic carbocycles. The van der Waals surface area contributed by atoms with Gasteiger partial charge in [0, 0.05) is 25.5 Å². The molecule has 1 aliphatic carbocycles. The quantitative estimate of drug-likeness (QED) is 0.627. The molecular weight excluding hydrogens is 274 g/mol. The Hall–Kier alpha value is -1.14. The van der Waals surface area contributed by atoms with Crippen LogP contribution in [0.5, 0.6) is 0 Å². The Morgan fingerprint density at radius 1 is 1.35 bits per heavy atom. The molecule has 1 saturated heterocycles. The number of nitrogens with zero attached hydrogens (tertiary/aromatic N) is 3. The van der Waals surface area contributed by atoms with Crippen molar-refractivity contribution in [1.82, 2.24) is 14.9 Å². The topological polar surface area (TPSA) is 55.3 Å². The maximum Gasteiger partial charge on any atom is 0.233 e. The number of carbonyl (C=O) groups excluding carboxylic acids is 1. The van der Waals surface area contributed by atoms with Crippen molar-refractivity contribution in [2.24, 2.45) is 0 Å². The van der Waals surface area contributed by atoms with E-state index < -0.39 is 0 Å². The molecule has 2 heterocycles. The SMILES string of the molecule is O=C(CSc1ncccn1)N1CCOC2(CCCC2)C1. The largest absolute Gasteiger partial charge is 0.371 e. The van der Waals surface area contributed by atoms with E-state index >= 15 is 0 Å². The molecule has 3 rings (SSSR count). The molecule has 1 aromatic rings. The van der Waals surface area contributed by atoms with Crippen molar-refractivity contribution >= 4 is 17.7 Å². The Morgan fingerprint density at radius 3 is 2.85 bits per heavy atom. The summed E-state index contributed by atoms with van der Waals surface area (Å²) < 4.78 is 5.94. The second-order valence-electron chi connectivity index (χ2n) is 5.37. The van der Waals surface area contributed by atoms with Gasteiger partial charge >= 0.3 is 0 Å². The monoisotopic (exact) mass is 293 g/mol. The van der Waals surface area contributed by atoms with Gasteiger partial charge in [-0.3, -0.25) is 4.79 Å². The molecule has 0 N–H and O–H groups in total. The van der Waals surface area contributed by atoms with Crippen LogP contribution in [0.15, 0.2) is 23.6 Å². The molecule has 0 radical (unpaired) electrons. The van der Waals surface area contributed by atoms with Gasteiger partial charge in [-0.15, -0.1) is 0 Å². The van der Waals surface area contributed by atoms with Crippen LogP contribution in [0.3, 0.4) is 0 Å². The molecule has 5 nitrogen and oxygen atoms in total. The van der Waals surface area contributed by atoms with E-state index in [2.05, 4.69) is 9.97 Å². The van der Waals surface area contributed by atoms with Gasteiger partial charge in [-0.25, -0.2) is 9.97 Å². The Bertz CT molecular complexity index is 463. The fraction of sp³-hybridized carbons (Fsp3) is 0.643. The van der Waals surface area contributed by atoms with Crippen LogP contribution in [0.2, 0.25) is 0 Å². The molecule has 1 saturated carbocycles. The highest BCUT2D eigenvalue weighted by Gasteiger charge is 2.40. The van der Waals surface area contributed by atoms with Gasteiger partial charge in [0.05, 0.1) is 18.0 Å². The lowest BCUT2D eigenvalue weighted by Gasteiger charge is -2.40. The minimum atomic E-state index is -0.0537. The molecule has 1 aliphatic heterocycles. The van der Waals surface area contributed by atoms with Crippen molar-refractivity contribution in [1.29, 1.82) is 0 Å². The molecule has 0 unspecified atom stereocenters. The highest BCUT2D eigenvalue weighted by molar-refractivity contribution is 7.99. The molecule has 6 heteroatoms. The number of amides is 1. The van der Waals surface area contributed by atoms with Crippen molar-refractivity contribution in [2.75, 3.05) is 25.4 Å². The van der Waals surface area contributed by atoms with E-state index in [1.54, 1.807) is 18.5 Å². The van der Waals surface area contributed by atoms with E-state index in [9.17, 15) is 4.79 Å². The van der Waals surface area contributed by atoms with Crippen molar-refractivity contribution < 1.29 is 9.53 Å². The first-order chi connectivity index (χ1) is 9.77. The first-order valence-corrected chi connectivity index (χ1v) is 8.08. The predicted octanol–water partition coefficient (Wildman–Crippen LogP) is 1.74. The summed E-state index contributed by atoms with van der Waals surface area (Å²) >= 11 is 1.40. The summed E-state index contributed by atoms with van der Waals surface area (Å²) in [4.78, 5) is 22.5. The van der Waals surface area contributed by atoms with Gasteiger partial charge in [0.2, 0.25) is 5.91 Å². The van der Waals surface area contributed by atoms with Crippen LogP contribution < -0.4 is 0 Å². The number of hydrogen-bond acceptors (Lipinski definition) is 5. The zero-order valence-corrected chi connectivity index (χ0v) is 12.3. The van der Waals surface area contributed by atoms with Crippen LogP contribution in [0.4, 0.5) is 0 Å². The Kier molecular flexibility index (Phi) is 4.21. The van der Waals surface area contributed by atoms with E-state index in [0.29, 0.717) is 24.1 Å². The molecule has 20 heavy (non-hydrogen) atoms. The lowest BCUT2D eigenvalue weighted by atomic mass is 10.00. The summed E-state index contributed by atoms with van der Waals surface area (Å²) in [6, 6.07) is 1.78. The number of morpholine rings is 1. The number of thioether (sulfide) groups is 1. The van der Waals surface area contributed by atoms with Gasteiger partial charge in [-0.1, -0.05) is 24.6 Å². The third-order valence-electron chi connectivity index (χ3n) is 3.98. The van der Waals surface area contributed by atoms with Crippen LogP contribution in [-0.4, -0.2) is 51.8 Å². The first-order valence-electron chi connectivity index (χ1n) is 7.09. The van der Waals surface area contributed by atoms with Crippen LogP contribution in [0, 0.1) is 0 Å². The average Bonchev–Trinajstić information content (AvgIpc) is 2.93. The fourth-order valence-corrected chi connectivity index (χ4v) is 3.66. The van der Waals surface area contributed by atoms with E-state index in [4.69, 9.17) is 4.74 Å². The van der Waals surface area contributed by atoms with Crippen LogP contribution in [0.1, 0.15) is 25.7 Å². The second kappa shape index (κ2) is 6.10. The van der Waals surface area contributed by atoms with Gasteiger partial charge in [-0.05, 0) is 18.9 Å². The van der Waals surface area contributed by atoms with Crippen LogP contribution in [0.25, 0.3) is 0 Å². The van der Waals surface area contributed by atoms with E-state index in [0.717, 1.165) is 19.4 Å². The third kappa shape index (κ3) is 3.12. The Morgan fingerprint density at radius 2 is 2.10 bits per heavy atom. The number of hydrogen-bond donors (Lipinski definition) is 0. The first kappa shape index (κ1) is 13.8. The molecule has 0 atom stereocenters. The van der Waals surface area contributed by atoms with E-state index in [-0.39, 0.29) is 11.5 Å². The summed E-state index contributed by atoms with van der Waals surface area (Å²) in [5, 5.41) is 0.657. The molecule has 0 bridgehead atoms. The molecule has 108 valence electrons. The zero-order chi connectivity index (χ0) is 13.8. The number of rotatable bonds is 3.